The molecule has 0 bridgehead atoms. The minimum absolute atomic E-state index is 0.0113. The van der Waals surface area contributed by atoms with Crippen LogP contribution in [0.25, 0.3) is 0 Å². The first-order valence-electron chi connectivity index (χ1n) is 7.76. The summed E-state index contributed by atoms with van der Waals surface area (Å²) in [5, 5.41) is 11.7. The molecule has 120 valence electrons. The van der Waals surface area contributed by atoms with E-state index in [-0.39, 0.29) is 21.8 Å². The number of pyridine rings is 1. The van der Waals surface area contributed by atoms with Gasteiger partial charge in [-0.25, -0.2) is 4.98 Å². The Labute approximate surface area is 140 Å². The Morgan fingerprint density at radius 1 is 1.17 bits per heavy atom. The van der Waals surface area contributed by atoms with Crippen LogP contribution in [0.15, 0.2) is 42.5 Å². The van der Waals surface area contributed by atoms with Crippen LogP contribution in [0.4, 0.5) is 11.5 Å². The maximum atomic E-state index is 11.4. The average Bonchev–Trinajstić information content (AvgIpc) is 3.07. The molecule has 0 spiro atoms. The van der Waals surface area contributed by atoms with Crippen molar-refractivity contribution < 1.29 is 4.92 Å². The van der Waals surface area contributed by atoms with Crippen LogP contribution in [0, 0.1) is 10.1 Å². The van der Waals surface area contributed by atoms with E-state index in [2.05, 4.69) is 4.98 Å². The van der Waals surface area contributed by atoms with Crippen molar-refractivity contribution in [3.63, 3.8) is 0 Å². The second kappa shape index (κ2) is 6.96. The third-order valence-corrected chi connectivity index (χ3v) is 4.46. The van der Waals surface area contributed by atoms with Crippen molar-refractivity contribution in [2.45, 2.75) is 38.3 Å². The summed E-state index contributed by atoms with van der Waals surface area (Å²) in [6, 6.07) is 13.1. The molecule has 1 aromatic heterocycles. The molecular weight excluding hydrogens is 314 g/mol. The van der Waals surface area contributed by atoms with Crippen molar-refractivity contribution in [3.8, 4) is 0 Å². The summed E-state index contributed by atoms with van der Waals surface area (Å²) in [5.74, 6) is 0.373. The monoisotopic (exact) mass is 331 g/mol. The number of benzene rings is 1. The fraction of sp³-hybridized carbons (Fsp3) is 0.353. The minimum atomic E-state index is -0.383. The van der Waals surface area contributed by atoms with Crippen LogP contribution < -0.4 is 4.90 Å². The SMILES string of the molecule is O=[N+]([O-])c1ccc(Cl)nc1N(Cc1ccccc1)C1CCCC1. The van der Waals surface area contributed by atoms with E-state index in [4.69, 9.17) is 11.6 Å². The third-order valence-electron chi connectivity index (χ3n) is 4.25. The van der Waals surface area contributed by atoms with Gasteiger partial charge >= 0.3 is 5.69 Å². The number of hydrogen-bond donors (Lipinski definition) is 0. The van der Waals surface area contributed by atoms with Gasteiger partial charge in [0.2, 0.25) is 5.82 Å². The second-order valence-corrected chi connectivity index (χ2v) is 6.17. The maximum absolute atomic E-state index is 11.4. The molecule has 1 heterocycles. The van der Waals surface area contributed by atoms with Crippen LogP contribution in [0.1, 0.15) is 31.2 Å². The number of hydrogen-bond acceptors (Lipinski definition) is 4. The fourth-order valence-corrected chi connectivity index (χ4v) is 3.29. The van der Waals surface area contributed by atoms with Crippen molar-refractivity contribution in [2.75, 3.05) is 4.90 Å². The van der Waals surface area contributed by atoms with Crippen molar-refractivity contribution in [1.82, 2.24) is 4.98 Å². The Kier molecular flexibility index (Phi) is 4.76. The van der Waals surface area contributed by atoms with E-state index in [1.54, 1.807) is 0 Å². The molecule has 0 unspecified atom stereocenters. The van der Waals surface area contributed by atoms with E-state index in [1.165, 1.54) is 12.1 Å². The van der Waals surface area contributed by atoms with Crippen LogP contribution in [-0.2, 0) is 6.54 Å². The van der Waals surface area contributed by atoms with Gasteiger partial charge in [0.15, 0.2) is 0 Å². The number of nitro groups is 1. The molecule has 1 aromatic carbocycles. The lowest BCUT2D eigenvalue weighted by molar-refractivity contribution is -0.384. The van der Waals surface area contributed by atoms with Gasteiger partial charge in [-0.2, -0.15) is 0 Å². The highest BCUT2D eigenvalue weighted by Gasteiger charge is 2.29. The van der Waals surface area contributed by atoms with Crippen LogP contribution in [-0.4, -0.2) is 15.9 Å². The highest BCUT2D eigenvalue weighted by atomic mass is 35.5. The molecule has 1 saturated carbocycles. The molecule has 3 rings (SSSR count). The number of rotatable bonds is 5. The van der Waals surface area contributed by atoms with Crippen molar-refractivity contribution >= 4 is 23.1 Å². The summed E-state index contributed by atoms with van der Waals surface area (Å²) < 4.78 is 0. The lowest BCUT2D eigenvalue weighted by Gasteiger charge is -2.30. The van der Waals surface area contributed by atoms with E-state index in [0.29, 0.717) is 12.4 Å². The molecule has 1 aliphatic carbocycles. The second-order valence-electron chi connectivity index (χ2n) is 5.79. The van der Waals surface area contributed by atoms with Crippen molar-refractivity contribution in [2.24, 2.45) is 0 Å². The van der Waals surface area contributed by atoms with E-state index >= 15 is 0 Å². The summed E-state index contributed by atoms with van der Waals surface area (Å²) in [6.07, 6.45) is 4.34. The van der Waals surface area contributed by atoms with Crippen molar-refractivity contribution in [1.29, 1.82) is 0 Å². The van der Waals surface area contributed by atoms with Crippen LogP contribution in [0.5, 0.6) is 0 Å². The van der Waals surface area contributed by atoms with Gasteiger partial charge in [-0.05, 0) is 24.5 Å². The standard InChI is InChI=1S/C17H18ClN3O2/c18-16-11-10-15(21(22)23)17(19-16)20(14-8-4-5-9-14)12-13-6-2-1-3-7-13/h1-3,6-7,10-11,14H,4-5,8-9,12H2. The third kappa shape index (κ3) is 3.62. The maximum Gasteiger partial charge on any atom is 0.311 e. The van der Waals surface area contributed by atoms with E-state index in [9.17, 15) is 10.1 Å². The molecule has 0 radical (unpaired) electrons. The first-order valence-corrected chi connectivity index (χ1v) is 8.14. The molecule has 0 N–H and O–H groups in total. The predicted molar refractivity (Wildman–Crippen MR) is 90.8 cm³/mol. The zero-order valence-corrected chi connectivity index (χ0v) is 13.4. The molecule has 2 aromatic rings. The molecular formula is C17H18ClN3O2. The van der Waals surface area contributed by atoms with Gasteiger partial charge in [-0.3, -0.25) is 10.1 Å². The zero-order valence-electron chi connectivity index (χ0n) is 12.7. The van der Waals surface area contributed by atoms with Gasteiger partial charge in [0, 0.05) is 18.7 Å². The number of nitrogens with zero attached hydrogens (tertiary/aromatic N) is 3. The number of anilines is 1. The summed E-state index contributed by atoms with van der Waals surface area (Å²) in [6.45, 7) is 0.597. The van der Waals surface area contributed by atoms with Gasteiger partial charge < -0.3 is 4.90 Å². The van der Waals surface area contributed by atoms with Crippen LogP contribution >= 0.6 is 11.6 Å². The Morgan fingerprint density at radius 3 is 2.52 bits per heavy atom. The fourth-order valence-electron chi connectivity index (χ4n) is 3.14. The van der Waals surface area contributed by atoms with E-state index in [1.807, 2.05) is 35.2 Å². The molecule has 0 amide bonds. The lowest BCUT2D eigenvalue weighted by Crippen LogP contribution is -2.34. The summed E-state index contributed by atoms with van der Waals surface area (Å²) >= 11 is 6.01. The molecule has 6 heteroatoms. The van der Waals surface area contributed by atoms with E-state index < -0.39 is 0 Å². The summed E-state index contributed by atoms with van der Waals surface area (Å²) in [4.78, 5) is 17.4. The van der Waals surface area contributed by atoms with Gasteiger partial charge in [0.1, 0.15) is 5.15 Å². The van der Waals surface area contributed by atoms with Crippen LogP contribution in [0.3, 0.4) is 0 Å². The molecule has 0 atom stereocenters. The average molecular weight is 332 g/mol. The molecule has 0 saturated heterocycles. The Morgan fingerprint density at radius 2 is 1.87 bits per heavy atom. The first kappa shape index (κ1) is 15.7. The molecule has 5 nitrogen and oxygen atoms in total. The molecule has 1 fully saturated rings. The van der Waals surface area contributed by atoms with Gasteiger partial charge in [0.05, 0.1) is 4.92 Å². The lowest BCUT2D eigenvalue weighted by atomic mass is 10.1. The molecule has 0 aliphatic heterocycles. The highest BCUT2D eigenvalue weighted by molar-refractivity contribution is 6.29. The zero-order chi connectivity index (χ0) is 16.2. The van der Waals surface area contributed by atoms with Gasteiger partial charge in [0.25, 0.3) is 0 Å². The Hall–Kier alpha value is -2.14. The Balaban J connectivity index is 2.01. The normalized spacial score (nSPS) is 14.8. The van der Waals surface area contributed by atoms with Gasteiger partial charge in [-0.1, -0.05) is 54.8 Å². The summed E-state index contributed by atoms with van der Waals surface area (Å²) in [5.41, 5.74) is 1.12. The first-order chi connectivity index (χ1) is 11.1. The minimum Gasteiger partial charge on any atom is -0.344 e. The molecule has 23 heavy (non-hydrogen) atoms. The van der Waals surface area contributed by atoms with Gasteiger partial charge in [-0.15, -0.1) is 0 Å². The Bertz CT molecular complexity index is 687. The smallest absolute Gasteiger partial charge is 0.311 e. The van der Waals surface area contributed by atoms with Crippen molar-refractivity contribution in [3.05, 3.63) is 63.3 Å². The molecule has 1 aliphatic rings. The topological polar surface area (TPSA) is 59.3 Å². The number of halogens is 1. The van der Waals surface area contributed by atoms with E-state index in [0.717, 1.165) is 31.2 Å². The van der Waals surface area contributed by atoms with Crippen LogP contribution in [0.2, 0.25) is 5.15 Å². The number of aromatic nitrogens is 1. The largest absolute Gasteiger partial charge is 0.344 e. The quantitative estimate of drug-likeness (QED) is 0.456. The highest BCUT2D eigenvalue weighted by Crippen LogP contribution is 2.34. The predicted octanol–water partition coefficient (Wildman–Crippen LogP) is 4.59. The summed E-state index contributed by atoms with van der Waals surface area (Å²) in [7, 11) is 0.